The molecule has 0 bridgehead atoms. The highest BCUT2D eigenvalue weighted by Gasteiger charge is 2.22. The Morgan fingerprint density at radius 3 is 2.94 bits per heavy atom. The van der Waals surface area contributed by atoms with Gasteiger partial charge in [-0.15, -0.1) is 24.0 Å². The van der Waals surface area contributed by atoms with Crippen LogP contribution in [0.3, 0.4) is 0 Å². The van der Waals surface area contributed by atoms with Gasteiger partial charge >= 0.3 is 0 Å². The van der Waals surface area contributed by atoms with Crippen LogP contribution in [0.4, 0.5) is 0 Å². The fourth-order valence-electron chi connectivity index (χ4n) is 1.35. The Morgan fingerprint density at radius 1 is 1.59 bits per heavy atom. The number of guanidine groups is 1. The molecule has 0 spiro atoms. The first-order valence-corrected chi connectivity index (χ1v) is 5.39. The van der Waals surface area contributed by atoms with Gasteiger partial charge in [0.05, 0.1) is 6.54 Å². The van der Waals surface area contributed by atoms with Gasteiger partial charge in [0, 0.05) is 19.3 Å². The van der Waals surface area contributed by atoms with Crippen molar-refractivity contribution >= 4 is 29.9 Å². The van der Waals surface area contributed by atoms with Gasteiger partial charge in [0.1, 0.15) is 11.4 Å². The predicted molar refractivity (Wildman–Crippen MR) is 77.7 cm³/mol. The van der Waals surface area contributed by atoms with Crippen LogP contribution in [0.25, 0.3) is 0 Å². The molecule has 2 rings (SSSR count). The molecule has 0 saturated heterocycles. The number of aromatic hydroxyl groups is 1. The minimum absolute atomic E-state index is 0. The van der Waals surface area contributed by atoms with Gasteiger partial charge in [-0.3, -0.25) is 9.98 Å². The quantitative estimate of drug-likeness (QED) is 0.437. The number of hydrogen-bond donors (Lipinski definition) is 3. The van der Waals surface area contributed by atoms with Crippen molar-refractivity contribution in [2.75, 3.05) is 7.05 Å². The monoisotopic (exact) mass is 348 g/mol. The van der Waals surface area contributed by atoms with Crippen LogP contribution in [0.2, 0.25) is 0 Å². The van der Waals surface area contributed by atoms with E-state index in [0.717, 1.165) is 5.96 Å². The average molecular weight is 348 g/mol. The summed E-state index contributed by atoms with van der Waals surface area (Å²) >= 11 is 0. The molecule has 1 heterocycles. The van der Waals surface area contributed by atoms with Crippen LogP contribution in [0.15, 0.2) is 23.3 Å². The van der Waals surface area contributed by atoms with Crippen LogP contribution in [0, 0.1) is 0 Å². The predicted octanol–water partition coefficient (Wildman–Crippen LogP) is 1.23. The number of nitrogens with zero attached hydrogens (tertiary/aromatic N) is 2. The highest BCUT2D eigenvalue weighted by Crippen LogP contribution is 2.18. The van der Waals surface area contributed by atoms with Gasteiger partial charge in [0.25, 0.3) is 0 Å². The summed E-state index contributed by atoms with van der Waals surface area (Å²) in [7, 11) is 1.73. The van der Waals surface area contributed by atoms with Crippen molar-refractivity contribution in [3.8, 4) is 5.75 Å². The summed E-state index contributed by atoms with van der Waals surface area (Å²) in [6.07, 6.45) is 4.07. The maximum Gasteiger partial charge on any atom is 0.191 e. The van der Waals surface area contributed by atoms with E-state index in [1.165, 1.54) is 12.8 Å². The number of pyridine rings is 1. The van der Waals surface area contributed by atoms with E-state index < -0.39 is 0 Å². The summed E-state index contributed by atoms with van der Waals surface area (Å²) in [5.41, 5.74) is 0.626. The van der Waals surface area contributed by atoms with Crippen molar-refractivity contribution in [2.24, 2.45) is 4.99 Å². The normalized spacial score (nSPS) is 15.0. The fraction of sp³-hybridized carbons (Fsp3) is 0.455. The molecule has 1 aliphatic carbocycles. The molecule has 0 atom stereocenters. The molecular weight excluding hydrogens is 331 g/mol. The van der Waals surface area contributed by atoms with Crippen molar-refractivity contribution in [1.82, 2.24) is 15.6 Å². The number of rotatable bonds is 3. The van der Waals surface area contributed by atoms with E-state index in [0.29, 0.717) is 18.3 Å². The van der Waals surface area contributed by atoms with E-state index in [4.69, 9.17) is 0 Å². The Bertz CT molecular complexity index is 393. The molecule has 1 aromatic heterocycles. The minimum atomic E-state index is 0. The zero-order valence-electron chi connectivity index (χ0n) is 9.68. The maximum absolute atomic E-state index is 9.53. The Balaban J connectivity index is 0.00000144. The zero-order chi connectivity index (χ0) is 11.4. The minimum Gasteiger partial charge on any atom is -0.506 e. The Hall–Kier alpha value is -1.05. The van der Waals surface area contributed by atoms with Gasteiger partial charge in [0.15, 0.2) is 5.96 Å². The van der Waals surface area contributed by atoms with E-state index in [-0.39, 0.29) is 29.7 Å². The summed E-state index contributed by atoms with van der Waals surface area (Å²) in [6.45, 7) is 0.471. The molecule has 94 valence electrons. The molecule has 17 heavy (non-hydrogen) atoms. The van der Waals surface area contributed by atoms with Crippen LogP contribution in [-0.4, -0.2) is 29.1 Å². The molecule has 1 aliphatic rings. The lowest BCUT2D eigenvalue weighted by Crippen LogP contribution is -2.38. The molecule has 0 aromatic carbocycles. The molecule has 5 nitrogen and oxygen atoms in total. The molecule has 1 fully saturated rings. The third kappa shape index (κ3) is 4.37. The van der Waals surface area contributed by atoms with Crippen LogP contribution in [0.5, 0.6) is 5.75 Å². The third-order valence-corrected chi connectivity index (χ3v) is 2.43. The van der Waals surface area contributed by atoms with Crippen molar-refractivity contribution < 1.29 is 5.11 Å². The first-order valence-electron chi connectivity index (χ1n) is 5.39. The average Bonchev–Trinajstić information content (AvgIpc) is 3.10. The lowest BCUT2D eigenvalue weighted by atomic mass is 10.3. The van der Waals surface area contributed by atoms with Crippen molar-refractivity contribution in [1.29, 1.82) is 0 Å². The summed E-state index contributed by atoms with van der Waals surface area (Å²) in [6, 6.07) is 3.89. The molecule has 0 aliphatic heterocycles. The molecular formula is C11H17IN4O. The third-order valence-electron chi connectivity index (χ3n) is 2.43. The second-order valence-electron chi connectivity index (χ2n) is 3.81. The summed E-state index contributed by atoms with van der Waals surface area (Å²) < 4.78 is 0. The molecule has 6 heteroatoms. The Morgan fingerprint density at radius 2 is 2.35 bits per heavy atom. The highest BCUT2D eigenvalue weighted by atomic mass is 127. The first kappa shape index (κ1) is 14.0. The number of aliphatic imine (C=N–C) groups is 1. The van der Waals surface area contributed by atoms with E-state index >= 15 is 0 Å². The SMILES string of the molecule is CN=C(NCc1ncccc1O)NC1CC1.I. The number of halogens is 1. The zero-order valence-corrected chi connectivity index (χ0v) is 12.0. The van der Waals surface area contributed by atoms with E-state index in [9.17, 15) is 5.11 Å². The topological polar surface area (TPSA) is 69.5 Å². The number of nitrogens with one attached hydrogen (secondary N) is 2. The van der Waals surface area contributed by atoms with Gasteiger partial charge in [-0.05, 0) is 25.0 Å². The van der Waals surface area contributed by atoms with E-state index in [1.54, 1.807) is 25.4 Å². The second kappa shape index (κ2) is 6.63. The largest absolute Gasteiger partial charge is 0.506 e. The molecule has 1 saturated carbocycles. The highest BCUT2D eigenvalue weighted by molar-refractivity contribution is 14.0. The van der Waals surface area contributed by atoms with Gasteiger partial charge in [0.2, 0.25) is 0 Å². The van der Waals surface area contributed by atoms with Crippen molar-refractivity contribution in [2.45, 2.75) is 25.4 Å². The van der Waals surface area contributed by atoms with Crippen LogP contribution in [0.1, 0.15) is 18.5 Å². The second-order valence-corrected chi connectivity index (χ2v) is 3.81. The van der Waals surface area contributed by atoms with Crippen molar-refractivity contribution in [3.05, 3.63) is 24.0 Å². The molecule has 0 amide bonds. The molecule has 1 aromatic rings. The van der Waals surface area contributed by atoms with Gasteiger partial charge in [-0.1, -0.05) is 0 Å². The molecule has 0 unspecified atom stereocenters. The smallest absolute Gasteiger partial charge is 0.191 e. The standard InChI is InChI=1S/C11H16N4O.HI/c1-12-11(15-8-4-5-8)14-7-9-10(16)3-2-6-13-9;/h2-3,6,8,16H,4-5,7H2,1H3,(H2,12,14,15);1H. The summed E-state index contributed by atoms with van der Waals surface area (Å²) in [5.74, 6) is 0.962. The van der Waals surface area contributed by atoms with Crippen LogP contribution in [-0.2, 0) is 6.54 Å². The van der Waals surface area contributed by atoms with Gasteiger partial charge in [-0.25, -0.2) is 0 Å². The van der Waals surface area contributed by atoms with Gasteiger partial charge < -0.3 is 15.7 Å². The Kier molecular flexibility index (Phi) is 5.46. The van der Waals surface area contributed by atoms with Crippen LogP contribution < -0.4 is 10.6 Å². The number of hydrogen-bond acceptors (Lipinski definition) is 3. The Labute approximate surface area is 118 Å². The molecule has 3 N–H and O–H groups in total. The lowest BCUT2D eigenvalue weighted by Gasteiger charge is -2.11. The van der Waals surface area contributed by atoms with Crippen molar-refractivity contribution in [3.63, 3.8) is 0 Å². The summed E-state index contributed by atoms with van der Waals surface area (Å²) in [4.78, 5) is 8.18. The maximum atomic E-state index is 9.53. The lowest BCUT2D eigenvalue weighted by molar-refractivity contribution is 0.462. The van der Waals surface area contributed by atoms with E-state index in [2.05, 4.69) is 20.6 Å². The van der Waals surface area contributed by atoms with Crippen LogP contribution >= 0.6 is 24.0 Å². The first-order chi connectivity index (χ1) is 7.79. The van der Waals surface area contributed by atoms with Gasteiger partial charge in [-0.2, -0.15) is 0 Å². The fourth-order valence-corrected chi connectivity index (χ4v) is 1.35. The molecule has 0 radical (unpaired) electrons. The summed E-state index contributed by atoms with van der Waals surface area (Å²) in [5, 5.41) is 15.9. The van der Waals surface area contributed by atoms with E-state index in [1.807, 2.05) is 0 Å². The number of aromatic nitrogens is 1.